The van der Waals surface area contributed by atoms with Gasteiger partial charge in [0.05, 0.1) is 12.6 Å². The molecule has 0 spiro atoms. The first kappa shape index (κ1) is 14.0. The second-order valence-corrected chi connectivity index (χ2v) is 5.61. The first-order valence-corrected chi connectivity index (χ1v) is 7.39. The fourth-order valence-electron chi connectivity index (χ4n) is 1.88. The van der Waals surface area contributed by atoms with E-state index in [9.17, 15) is 0 Å². The molecule has 1 aromatic heterocycles. The van der Waals surface area contributed by atoms with Crippen molar-refractivity contribution in [2.75, 3.05) is 7.11 Å². The van der Waals surface area contributed by atoms with Crippen LogP contribution in [-0.4, -0.2) is 18.1 Å². The zero-order chi connectivity index (χ0) is 13.5. The Hall–Kier alpha value is -1.39. The first-order chi connectivity index (χ1) is 9.28. The summed E-state index contributed by atoms with van der Waals surface area (Å²) < 4.78 is 5.16. The summed E-state index contributed by atoms with van der Waals surface area (Å²) in [5, 5.41) is 3.52. The van der Waals surface area contributed by atoms with E-state index in [2.05, 4.69) is 29.4 Å². The van der Waals surface area contributed by atoms with Crippen LogP contribution in [0.4, 0.5) is 0 Å². The lowest BCUT2D eigenvalue weighted by Crippen LogP contribution is -2.25. The van der Waals surface area contributed by atoms with Crippen LogP contribution in [0.3, 0.4) is 0 Å². The van der Waals surface area contributed by atoms with Crippen LogP contribution in [0, 0.1) is 0 Å². The van der Waals surface area contributed by atoms with Gasteiger partial charge in [0.15, 0.2) is 0 Å². The number of hydrogen-bond acceptors (Lipinski definition) is 4. The maximum Gasteiger partial charge on any atom is 0.118 e. The number of nitrogens with one attached hydrogen (secondary N) is 1. The molecule has 3 nitrogen and oxygen atoms in total. The molecule has 0 amide bonds. The summed E-state index contributed by atoms with van der Waals surface area (Å²) in [7, 11) is 1.69. The highest BCUT2D eigenvalue weighted by atomic mass is 32.1. The summed E-state index contributed by atoms with van der Waals surface area (Å²) in [6, 6.07) is 8.81. The SMILES string of the molecule is COc1ccc(CCC(C)NCc2cncs2)cc1. The molecule has 0 saturated heterocycles. The molecule has 1 atom stereocenters. The Kier molecular flexibility index (Phi) is 5.36. The Morgan fingerprint density at radius 3 is 2.74 bits per heavy atom. The van der Waals surface area contributed by atoms with Crippen molar-refractivity contribution < 1.29 is 4.74 Å². The molecule has 4 heteroatoms. The molecular weight excluding hydrogens is 256 g/mol. The number of aromatic nitrogens is 1. The fraction of sp³-hybridized carbons (Fsp3) is 0.400. The van der Waals surface area contributed by atoms with Gasteiger partial charge < -0.3 is 10.1 Å². The molecule has 0 fully saturated rings. The number of nitrogens with zero attached hydrogens (tertiary/aromatic N) is 1. The van der Waals surface area contributed by atoms with Crippen molar-refractivity contribution >= 4 is 11.3 Å². The van der Waals surface area contributed by atoms with Crippen molar-refractivity contribution in [2.45, 2.75) is 32.4 Å². The molecule has 2 rings (SSSR count). The summed E-state index contributed by atoms with van der Waals surface area (Å²) in [6.07, 6.45) is 4.14. The predicted molar refractivity (Wildman–Crippen MR) is 79.7 cm³/mol. The van der Waals surface area contributed by atoms with E-state index in [1.54, 1.807) is 18.4 Å². The van der Waals surface area contributed by atoms with E-state index in [0.717, 1.165) is 25.1 Å². The molecule has 0 saturated carbocycles. The van der Waals surface area contributed by atoms with E-state index >= 15 is 0 Å². The maximum atomic E-state index is 5.16. The quantitative estimate of drug-likeness (QED) is 0.843. The summed E-state index contributed by atoms with van der Waals surface area (Å²) in [5.74, 6) is 0.917. The summed E-state index contributed by atoms with van der Waals surface area (Å²) in [6.45, 7) is 3.14. The van der Waals surface area contributed by atoms with Crippen molar-refractivity contribution in [1.82, 2.24) is 10.3 Å². The highest BCUT2D eigenvalue weighted by Crippen LogP contribution is 2.13. The lowest BCUT2D eigenvalue weighted by molar-refractivity contribution is 0.414. The molecule has 1 aromatic carbocycles. The smallest absolute Gasteiger partial charge is 0.118 e. The molecule has 102 valence electrons. The van der Waals surface area contributed by atoms with E-state index in [4.69, 9.17) is 4.74 Å². The second kappa shape index (κ2) is 7.26. The van der Waals surface area contributed by atoms with Crippen LogP contribution in [0.1, 0.15) is 23.8 Å². The molecule has 1 heterocycles. The second-order valence-electron chi connectivity index (χ2n) is 4.64. The van der Waals surface area contributed by atoms with Crippen LogP contribution < -0.4 is 10.1 Å². The zero-order valence-corrected chi connectivity index (χ0v) is 12.2. The van der Waals surface area contributed by atoms with Crippen LogP contribution >= 0.6 is 11.3 Å². The van der Waals surface area contributed by atoms with Crippen LogP contribution in [0.25, 0.3) is 0 Å². The van der Waals surface area contributed by atoms with E-state index in [0.29, 0.717) is 6.04 Å². The third-order valence-corrected chi connectivity index (χ3v) is 3.91. The van der Waals surface area contributed by atoms with Gasteiger partial charge in [-0.25, -0.2) is 0 Å². The Morgan fingerprint density at radius 2 is 2.11 bits per heavy atom. The van der Waals surface area contributed by atoms with Crippen LogP contribution in [0.5, 0.6) is 5.75 Å². The summed E-state index contributed by atoms with van der Waals surface area (Å²) >= 11 is 1.70. The van der Waals surface area contributed by atoms with E-state index in [1.807, 2.05) is 23.8 Å². The molecule has 0 bridgehead atoms. The normalized spacial score (nSPS) is 12.3. The predicted octanol–water partition coefficient (Wildman–Crippen LogP) is 3.26. The minimum absolute atomic E-state index is 0.504. The highest BCUT2D eigenvalue weighted by molar-refractivity contribution is 7.09. The molecule has 0 aliphatic heterocycles. The fourth-order valence-corrected chi connectivity index (χ4v) is 2.43. The van der Waals surface area contributed by atoms with Gasteiger partial charge in [0, 0.05) is 23.7 Å². The molecule has 0 aliphatic carbocycles. The molecule has 2 aromatic rings. The average Bonchev–Trinajstić information content (AvgIpc) is 2.96. The van der Waals surface area contributed by atoms with Gasteiger partial charge in [-0.3, -0.25) is 4.98 Å². The third-order valence-electron chi connectivity index (χ3n) is 3.13. The van der Waals surface area contributed by atoms with Crippen molar-refractivity contribution in [3.8, 4) is 5.75 Å². The van der Waals surface area contributed by atoms with Crippen LogP contribution in [0.15, 0.2) is 36.0 Å². The van der Waals surface area contributed by atoms with Gasteiger partial charge in [-0.05, 0) is 37.5 Å². The summed E-state index contributed by atoms with van der Waals surface area (Å²) in [5.41, 5.74) is 3.23. The van der Waals surface area contributed by atoms with Crippen molar-refractivity contribution in [1.29, 1.82) is 0 Å². The van der Waals surface area contributed by atoms with Crippen molar-refractivity contribution in [2.24, 2.45) is 0 Å². The lowest BCUT2D eigenvalue weighted by atomic mass is 10.1. The average molecular weight is 276 g/mol. The van der Waals surface area contributed by atoms with Crippen LogP contribution in [-0.2, 0) is 13.0 Å². The van der Waals surface area contributed by atoms with Gasteiger partial charge in [0.1, 0.15) is 5.75 Å². The third kappa shape index (κ3) is 4.65. The minimum Gasteiger partial charge on any atom is -0.497 e. The number of benzene rings is 1. The van der Waals surface area contributed by atoms with Gasteiger partial charge >= 0.3 is 0 Å². The Balaban J connectivity index is 1.71. The number of methoxy groups -OCH3 is 1. The number of thiazole rings is 1. The van der Waals surface area contributed by atoms with Gasteiger partial charge in [-0.15, -0.1) is 11.3 Å². The molecule has 0 aliphatic rings. The van der Waals surface area contributed by atoms with E-state index < -0.39 is 0 Å². The van der Waals surface area contributed by atoms with Gasteiger partial charge in [-0.2, -0.15) is 0 Å². The van der Waals surface area contributed by atoms with Crippen molar-refractivity contribution in [3.63, 3.8) is 0 Å². The highest BCUT2D eigenvalue weighted by Gasteiger charge is 2.03. The van der Waals surface area contributed by atoms with Crippen LogP contribution in [0.2, 0.25) is 0 Å². The zero-order valence-electron chi connectivity index (χ0n) is 11.4. The largest absolute Gasteiger partial charge is 0.497 e. The Labute approximate surface area is 118 Å². The minimum atomic E-state index is 0.504. The van der Waals surface area contributed by atoms with Crippen molar-refractivity contribution in [3.05, 3.63) is 46.4 Å². The Bertz CT molecular complexity index is 467. The number of ether oxygens (including phenoxy) is 1. The topological polar surface area (TPSA) is 34.1 Å². The van der Waals surface area contributed by atoms with Gasteiger partial charge in [-0.1, -0.05) is 12.1 Å². The number of aryl methyl sites for hydroxylation is 1. The van der Waals surface area contributed by atoms with Gasteiger partial charge in [0.25, 0.3) is 0 Å². The van der Waals surface area contributed by atoms with E-state index in [-0.39, 0.29) is 0 Å². The Morgan fingerprint density at radius 1 is 1.32 bits per heavy atom. The maximum absolute atomic E-state index is 5.16. The first-order valence-electron chi connectivity index (χ1n) is 6.51. The molecule has 1 N–H and O–H groups in total. The monoisotopic (exact) mass is 276 g/mol. The van der Waals surface area contributed by atoms with E-state index in [1.165, 1.54) is 10.4 Å². The number of rotatable bonds is 7. The summed E-state index contributed by atoms with van der Waals surface area (Å²) in [4.78, 5) is 5.36. The molecule has 0 radical (unpaired) electrons. The lowest BCUT2D eigenvalue weighted by Gasteiger charge is -2.13. The molecule has 1 unspecified atom stereocenters. The van der Waals surface area contributed by atoms with Gasteiger partial charge in [0.2, 0.25) is 0 Å². The molecule has 19 heavy (non-hydrogen) atoms. The standard InChI is InChI=1S/C15H20N2OS/c1-12(17-10-15-9-16-11-19-15)3-4-13-5-7-14(18-2)8-6-13/h5-9,11-12,17H,3-4,10H2,1-2H3. The molecular formula is C15H20N2OS. The number of hydrogen-bond donors (Lipinski definition) is 1.